The molecule has 6 nitrogen and oxygen atoms in total. The lowest BCUT2D eigenvalue weighted by Gasteiger charge is -2.01. The van der Waals surface area contributed by atoms with Crippen LogP contribution in [-0.4, -0.2) is 21.0 Å². The molecule has 7 heteroatoms. The standard InChI is InChI=1S/C9H7ClN4O2/c1-5-4-12-16-7(5)8(15)13-6-2-3-11-9(10)14-6/h2-4H,1H3,(H,11,13,14,15). The molecule has 2 rings (SSSR count). The van der Waals surface area contributed by atoms with E-state index in [2.05, 4.69) is 20.4 Å². The molecule has 1 amide bonds. The third-order valence-electron chi connectivity index (χ3n) is 1.82. The highest BCUT2D eigenvalue weighted by molar-refractivity contribution is 6.28. The van der Waals surface area contributed by atoms with E-state index in [-0.39, 0.29) is 11.0 Å². The summed E-state index contributed by atoms with van der Waals surface area (Å²) in [5.41, 5.74) is 0.651. The maximum absolute atomic E-state index is 11.7. The highest BCUT2D eigenvalue weighted by Gasteiger charge is 2.14. The Balaban J connectivity index is 2.17. The van der Waals surface area contributed by atoms with E-state index in [1.54, 1.807) is 6.92 Å². The minimum Gasteiger partial charge on any atom is -0.351 e. The van der Waals surface area contributed by atoms with Crippen LogP contribution in [0.3, 0.4) is 0 Å². The van der Waals surface area contributed by atoms with Crippen LogP contribution < -0.4 is 5.32 Å². The fourth-order valence-corrected chi connectivity index (χ4v) is 1.23. The minimum atomic E-state index is -0.426. The molecule has 0 unspecified atom stereocenters. The normalized spacial score (nSPS) is 10.1. The molecular weight excluding hydrogens is 232 g/mol. The van der Waals surface area contributed by atoms with Crippen molar-refractivity contribution in [1.82, 2.24) is 15.1 Å². The number of carbonyl (C=O) groups is 1. The van der Waals surface area contributed by atoms with Gasteiger partial charge in [0, 0.05) is 11.8 Å². The van der Waals surface area contributed by atoms with Gasteiger partial charge in [0.1, 0.15) is 5.82 Å². The molecule has 0 saturated heterocycles. The van der Waals surface area contributed by atoms with Gasteiger partial charge < -0.3 is 9.84 Å². The molecule has 0 aromatic carbocycles. The first-order valence-corrected chi connectivity index (χ1v) is 4.76. The quantitative estimate of drug-likeness (QED) is 0.805. The van der Waals surface area contributed by atoms with Gasteiger partial charge in [0.15, 0.2) is 0 Å². The molecule has 0 bridgehead atoms. The lowest BCUT2D eigenvalue weighted by atomic mass is 10.3. The average molecular weight is 239 g/mol. The zero-order valence-corrected chi connectivity index (χ0v) is 9.02. The third kappa shape index (κ3) is 2.17. The van der Waals surface area contributed by atoms with Crippen LogP contribution >= 0.6 is 11.6 Å². The molecule has 2 heterocycles. The molecule has 0 aliphatic carbocycles. The van der Waals surface area contributed by atoms with Gasteiger partial charge in [-0.15, -0.1) is 0 Å². The Labute approximate surface area is 95.6 Å². The average Bonchev–Trinajstić information content (AvgIpc) is 2.64. The van der Waals surface area contributed by atoms with Crippen molar-refractivity contribution in [2.24, 2.45) is 0 Å². The second-order valence-electron chi connectivity index (χ2n) is 3.00. The van der Waals surface area contributed by atoms with E-state index in [9.17, 15) is 4.79 Å². The van der Waals surface area contributed by atoms with Crippen molar-refractivity contribution in [2.45, 2.75) is 6.92 Å². The number of halogens is 1. The summed E-state index contributed by atoms with van der Waals surface area (Å²) in [4.78, 5) is 19.2. The van der Waals surface area contributed by atoms with Gasteiger partial charge in [-0.25, -0.2) is 9.97 Å². The van der Waals surface area contributed by atoms with Gasteiger partial charge in [-0.3, -0.25) is 4.79 Å². The summed E-state index contributed by atoms with van der Waals surface area (Å²) >= 11 is 5.58. The summed E-state index contributed by atoms with van der Waals surface area (Å²) in [6.45, 7) is 1.72. The summed E-state index contributed by atoms with van der Waals surface area (Å²) in [6, 6.07) is 1.52. The van der Waals surface area contributed by atoms with Crippen molar-refractivity contribution in [2.75, 3.05) is 5.32 Å². The van der Waals surface area contributed by atoms with Crippen LogP contribution in [0.2, 0.25) is 5.28 Å². The Kier molecular flexibility index (Phi) is 2.82. The van der Waals surface area contributed by atoms with Gasteiger partial charge in [0.05, 0.1) is 6.20 Å². The topological polar surface area (TPSA) is 80.9 Å². The molecular formula is C9H7ClN4O2. The van der Waals surface area contributed by atoms with Crippen LogP contribution in [0.5, 0.6) is 0 Å². The van der Waals surface area contributed by atoms with E-state index in [0.29, 0.717) is 11.4 Å². The zero-order valence-electron chi connectivity index (χ0n) is 8.27. The number of nitrogens with one attached hydrogen (secondary N) is 1. The fraction of sp³-hybridized carbons (Fsp3) is 0.111. The first-order chi connectivity index (χ1) is 7.66. The number of anilines is 1. The Bertz CT molecular complexity index is 526. The van der Waals surface area contributed by atoms with Crippen molar-refractivity contribution in [3.05, 3.63) is 35.1 Å². The van der Waals surface area contributed by atoms with Crippen LogP contribution in [0.1, 0.15) is 16.1 Å². The van der Waals surface area contributed by atoms with Gasteiger partial charge in [0.25, 0.3) is 5.91 Å². The Hall–Kier alpha value is -1.95. The fourth-order valence-electron chi connectivity index (χ4n) is 1.09. The summed E-state index contributed by atoms with van der Waals surface area (Å²) in [6.07, 6.45) is 2.90. The van der Waals surface area contributed by atoms with Gasteiger partial charge >= 0.3 is 0 Å². The summed E-state index contributed by atoms with van der Waals surface area (Å²) in [7, 11) is 0. The predicted molar refractivity (Wildman–Crippen MR) is 56.2 cm³/mol. The van der Waals surface area contributed by atoms with E-state index in [0.717, 1.165) is 0 Å². The molecule has 2 aromatic rings. The van der Waals surface area contributed by atoms with Gasteiger partial charge in [-0.05, 0) is 24.6 Å². The predicted octanol–water partition coefficient (Wildman–Crippen LogP) is 1.68. The Morgan fingerprint density at radius 2 is 2.38 bits per heavy atom. The van der Waals surface area contributed by atoms with Crippen LogP contribution in [-0.2, 0) is 0 Å². The monoisotopic (exact) mass is 238 g/mol. The third-order valence-corrected chi connectivity index (χ3v) is 2.00. The SMILES string of the molecule is Cc1cnoc1C(=O)Nc1ccnc(Cl)n1. The molecule has 2 aromatic heterocycles. The highest BCUT2D eigenvalue weighted by Crippen LogP contribution is 2.10. The van der Waals surface area contributed by atoms with Crippen molar-refractivity contribution in [3.63, 3.8) is 0 Å². The van der Waals surface area contributed by atoms with E-state index < -0.39 is 5.91 Å². The Morgan fingerprint density at radius 1 is 1.56 bits per heavy atom. The van der Waals surface area contributed by atoms with E-state index in [1.165, 1.54) is 18.5 Å². The second-order valence-corrected chi connectivity index (χ2v) is 3.34. The summed E-state index contributed by atoms with van der Waals surface area (Å²) in [5, 5.41) is 6.09. The minimum absolute atomic E-state index is 0.0621. The molecule has 0 spiro atoms. The van der Waals surface area contributed by atoms with Gasteiger partial charge in [-0.2, -0.15) is 0 Å². The number of hydrogen-bond donors (Lipinski definition) is 1. The summed E-state index contributed by atoms with van der Waals surface area (Å²) < 4.78 is 4.79. The van der Waals surface area contributed by atoms with Crippen LogP contribution in [0.15, 0.2) is 23.0 Å². The second kappa shape index (κ2) is 4.28. The Morgan fingerprint density at radius 3 is 3.00 bits per heavy atom. The summed E-state index contributed by atoms with van der Waals surface area (Å²) in [5.74, 6) is 0.0281. The number of amides is 1. The number of rotatable bonds is 2. The molecule has 0 saturated carbocycles. The molecule has 0 atom stereocenters. The van der Waals surface area contributed by atoms with Crippen LogP contribution in [0, 0.1) is 6.92 Å². The van der Waals surface area contributed by atoms with E-state index in [1.807, 2.05) is 0 Å². The largest absolute Gasteiger partial charge is 0.351 e. The first kappa shape index (κ1) is 10.6. The van der Waals surface area contributed by atoms with E-state index in [4.69, 9.17) is 16.1 Å². The molecule has 1 N–H and O–H groups in total. The molecule has 0 radical (unpaired) electrons. The first-order valence-electron chi connectivity index (χ1n) is 4.38. The molecule has 0 fully saturated rings. The van der Waals surface area contributed by atoms with Crippen molar-refractivity contribution >= 4 is 23.3 Å². The van der Waals surface area contributed by atoms with E-state index >= 15 is 0 Å². The van der Waals surface area contributed by atoms with Crippen LogP contribution in [0.4, 0.5) is 5.82 Å². The molecule has 16 heavy (non-hydrogen) atoms. The van der Waals surface area contributed by atoms with Crippen LogP contribution in [0.25, 0.3) is 0 Å². The number of carbonyl (C=O) groups excluding carboxylic acids is 1. The van der Waals surface area contributed by atoms with Crippen molar-refractivity contribution < 1.29 is 9.32 Å². The maximum Gasteiger partial charge on any atom is 0.295 e. The molecule has 0 aliphatic heterocycles. The number of hydrogen-bond acceptors (Lipinski definition) is 5. The number of aromatic nitrogens is 3. The smallest absolute Gasteiger partial charge is 0.295 e. The van der Waals surface area contributed by atoms with Crippen molar-refractivity contribution in [3.8, 4) is 0 Å². The molecule has 82 valence electrons. The van der Waals surface area contributed by atoms with Gasteiger partial charge in [-0.1, -0.05) is 5.16 Å². The van der Waals surface area contributed by atoms with Crippen molar-refractivity contribution in [1.29, 1.82) is 0 Å². The number of aryl methyl sites for hydroxylation is 1. The maximum atomic E-state index is 11.7. The van der Waals surface area contributed by atoms with Gasteiger partial charge in [0.2, 0.25) is 11.0 Å². The lowest BCUT2D eigenvalue weighted by Crippen LogP contribution is -2.13. The lowest BCUT2D eigenvalue weighted by molar-refractivity contribution is 0.0986. The zero-order chi connectivity index (χ0) is 11.5. The number of nitrogens with zero attached hydrogens (tertiary/aromatic N) is 3. The molecule has 0 aliphatic rings. The highest BCUT2D eigenvalue weighted by atomic mass is 35.5.